The van der Waals surface area contributed by atoms with Crippen molar-refractivity contribution in [2.24, 2.45) is 11.8 Å². The summed E-state index contributed by atoms with van der Waals surface area (Å²) >= 11 is 0. The van der Waals surface area contributed by atoms with E-state index < -0.39 is 11.6 Å². The average Bonchev–Trinajstić information content (AvgIpc) is 2.96. The van der Waals surface area contributed by atoms with Crippen LogP contribution in [0.1, 0.15) is 19.3 Å². The Labute approximate surface area is 129 Å². The zero-order valence-corrected chi connectivity index (χ0v) is 13.0. The number of hydrogen-bond donors (Lipinski definition) is 0. The van der Waals surface area contributed by atoms with Crippen molar-refractivity contribution in [1.29, 1.82) is 0 Å². The molecular weight excluding hydrogens is 289 g/mol. The van der Waals surface area contributed by atoms with E-state index in [4.69, 9.17) is 0 Å². The van der Waals surface area contributed by atoms with Crippen LogP contribution in [0.2, 0.25) is 0 Å². The summed E-state index contributed by atoms with van der Waals surface area (Å²) < 4.78 is 14.2. The van der Waals surface area contributed by atoms with Gasteiger partial charge >= 0.3 is 0 Å². The largest absolute Gasteiger partial charge is 0.347 e. The summed E-state index contributed by atoms with van der Waals surface area (Å²) in [6.07, 6.45) is 1.35. The maximum absolute atomic E-state index is 14.2. The lowest BCUT2D eigenvalue weighted by Gasteiger charge is -2.36. The fourth-order valence-electron chi connectivity index (χ4n) is 3.54. The Morgan fingerprint density at radius 1 is 1.27 bits per heavy atom. The molecule has 0 radical (unpaired) electrons. The molecule has 2 heterocycles. The number of nitrogens with zero attached hydrogens (tertiary/aromatic N) is 3. The van der Waals surface area contributed by atoms with E-state index in [1.54, 1.807) is 19.0 Å². The summed E-state index contributed by atoms with van der Waals surface area (Å²) in [4.78, 5) is 40.8. The van der Waals surface area contributed by atoms with Crippen molar-refractivity contribution >= 4 is 17.7 Å². The van der Waals surface area contributed by atoms with E-state index in [-0.39, 0.29) is 30.2 Å². The quantitative estimate of drug-likeness (QED) is 0.730. The molecule has 1 aliphatic carbocycles. The second-order valence-corrected chi connectivity index (χ2v) is 6.90. The first-order valence-electron chi connectivity index (χ1n) is 7.79. The molecular formula is C15H22FN3O3. The lowest BCUT2D eigenvalue weighted by Crippen LogP contribution is -2.50. The average molecular weight is 311 g/mol. The molecule has 2 atom stereocenters. The van der Waals surface area contributed by atoms with Crippen molar-refractivity contribution in [2.45, 2.75) is 24.9 Å². The molecule has 3 fully saturated rings. The lowest BCUT2D eigenvalue weighted by molar-refractivity contribution is -0.149. The highest BCUT2D eigenvalue weighted by atomic mass is 19.1. The molecule has 22 heavy (non-hydrogen) atoms. The smallest absolute Gasteiger partial charge is 0.260 e. The Morgan fingerprint density at radius 2 is 1.95 bits per heavy atom. The fraction of sp³-hybridized carbons (Fsp3) is 0.800. The topological polar surface area (TPSA) is 60.9 Å². The Kier molecular flexibility index (Phi) is 3.61. The van der Waals surface area contributed by atoms with Crippen molar-refractivity contribution in [3.05, 3.63) is 0 Å². The molecule has 3 aliphatic rings. The van der Waals surface area contributed by atoms with Gasteiger partial charge in [0.25, 0.3) is 5.91 Å². The molecule has 0 aromatic carbocycles. The summed E-state index contributed by atoms with van der Waals surface area (Å²) in [5, 5.41) is 0. The number of alkyl halides is 1. The standard InChI is InChI=1S/C15H22FN3O3/c1-17(2)12(20)9-18-6-10-7-19(8-11(10)13(18)21)14(22)15(16)4-3-5-15/h10-11H,3-9H2,1-2H3/t10-,11+/m1/s1. The monoisotopic (exact) mass is 311 g/mol. The first-order valence-corrected chi connectivity index (χ1v) is 7.79. The van der Waals surface area contributed by atoms with Gasteiger partial charge in [-0.05, 0) is 19.3 Å². The minimum Gasteiger partial charge on any atom is -0.347 e. The third-order valence-corrected chi connectivity index (χ3v) is 5.17. The van der Waals surface area contributed by atoms with Crippen LogP contribution in [0.5, 0.6) is 0 Å². The normalized spacial score (nSPS) is 29.3. The molecule has 0 aromatic rings. The van der Waals surface area contributed by atoms with Gasteiger partial charge in [0.05, 0.1) is 12.5 Å². The summed E-state index contributed by atoms with van der Waals surface area (Å²) in [7, 11) is 3.31. The van der Waals surface area contributed by atoms with Gasteiger partial charge in [0, 0.05) is 39.6 Å². The number of halogens is 1. The number of amides is 3. The Morgan fingerprint density at radius 3 is 2.45 bits per heavy atom. The number of likely N-dealkylation sites (tertiary alicyclic amines) is 2. The van der Waals surface area contributed by atoms with Crippen LogP contribution in [-0.2, 0) is 14.4 Å². The predicted molar refractivity (Wildman–Crippen MR) is 76.5 cm³/mol. The number of rotatable bonds is 3. The summed E-state index contributed by atoms with van der Waals surface area (Å²) in [5.41, 5.74) is -1.69. The zero-order valence-electron chi connectivity index (χ0n) is 13.0. The third-order valence-electron chi connectivity index (χ3n) is 5.17. The molecule has 0 N–H and O–H groups in total. The lowest BCUT2D eigenvalue weighted by atomic mass is 9.81. The van der Waals surface area contributed by atoms with Crippen LogP contribution in [0.15, 0.2) is 0 Å². The van der Waals surface area contributed by atoms with Crippen molar-refractivity contribution in [1.82, 2.24) is 14.7 Å². The molecule has 3 amide bonds. The Hall–Kier alpha value is -1.66. The molecule has 3 rings (SSSR count). The van der Waals surface area contributed by atoms with Gasteiger partial charge in [0.15, 0.2) is 5.67 Å². The van der Waals surface area contributed by atoms with E-state index in [2.05, 4.69) is 0 Å². The molecule has 2 saturated heterocycles. The highest BCUT2D eigenvalue weighted by Gasteiger charge is 2.53. The van der Waals surface area contributed by atoms with Gasteiger partial charge in [-0.3, -0.25) is 14.4 Å². The fourth-order valence-corrected chi connectivity index (χ4v) is 3.54. The maximum atomic E-state index is 14.2. The summed E-state index contributed by atoms with van der Waals surface area (Å²) in [6, 6.07) is 0. The minimum atomic E-state index is -1.69. The van der Waals surface area contributed by atoms with Crippen LogP contribution in [0.25, 0.3) is 0 Å². The first kappa shape index (κ1) is 15.2. The van der Waals surface area contributed by atoms with E-state index in [0.717, 1.165) is 6.42 Å². The molecule has 122 valence electrons. The van der Waals surface area contributed by atoms with E-state index in [0.29, 0.717) is 32.5 Å². The Bertz CT molecular complexity index is 518. The predicted octanol–water partition coefficient (Wildman–Crippen LogP) is -0.116. The van der Waals surface area contributed by atoms with Crippen LogP contribution < -0.4 is 0 Å². The van der Waals surface area contributed by atoms with Gasteiger partial charge in [0.1, 0.15) is 0 Å². The minimum absolute atomic E-state index is 0.0232. The second kappa shape index (κ2) is 5.21. The van der Waals surface area contributed by atoms with Gasteiger partial charge in [-0.25, -0.2) is 4.39 Å². The number of carbonyl (C=O) groups excluding carboxylic acids is 3. The van der Waals surface area contributed by atoms with Gasteiger partial charge < -0.3 is 14.7 Å². The molecule has 0 bridgehead atoms. The van der Waals surface area contributed by atoms with Crippen LogP contribution >= 0.6 is 0 Å². The third kappa shape index (κ3) is 2.36. The van der Waals surface area contributed by atoms with Gasteiger partial charge in [-0.1, -0.05) is 0 Å². The molecule has 0 aromatic heterocycles. The van der Waals surface area contributed by atoms with Crippen molar-refractivity contribution in [2.75, 3.05) is 40.3 Å². The summed E-state index contributed by atoms with van der Waals surface area (Å²) in [6.45, 7) is 1.28. The molecule has 7 heteroatoms. The SMILES string of the molecule is CN(C)C(=O)CN1C[C@@H]2CN(C(=O)C3(F)CCC3)C[C@@H]2C1=O. The van der Waals surface area contributed by atoms with E-state index >= 15 is 0 Å². The number of fused-ring (bicyclic) bond motifs is 1. The maximum Gasteiger partial charge on any atom is 0.260 e. The van der Waals surface area contributed by atoms with E-state index in [1.165, 1.54) is 9.80 Å². The van der Waals surface area contributed by atoms with Crippen LogP contribution in [0, 0.1) is 11.8 Å². The second-order valence-electron chi connectivity index (χ2n) is 6.90. The zero-order chi connectivity index (χ0) is 16.1. The van der Waals surface area contributed by atoms with Crippen LogP contribution in [0.4, 0.5) is 4.39 Å². The number of hydrogen-bond acceptors (Lipinski definition) is 3. The van der Waals surface area contributed by atoms with Crippen molar-refractivity contribution < 1.29 is 18.8 Å². The Balaban J connectivity index is 1.60. The van der Waals surface area contributed by atoms with Crippen LogP contribution in [-0.4, -0.2) is 78.4 Å². The number of carbonyl (C=O) groups is 3. The van der Waals surface area contributed by atoms with E-state index in [9.17, 15) is 18.8 Å². The molecule has 6 nitrogen and oxygen atoms in total. The highest BCUT2D eigenvalue weighted by molar-refractivity contribution is 5.90. The molecule has 1 saturated carbocycles. The van der Waals surface area contributed by atoms with Gasteiger partial charge in [-0.2, -0.15) is 0 Å². The first-order chi connectivity index (χ1) is 10.3. The van der Waals surface area contributed by atoms with Gasteiger partial charge in [0.2, 0.25) is 11.8 Å². The van der Waals surface area contributed by atoms with E-state index in [1.807, 2.05) is 0 Å². The number of likely N-dealkylation sites (N-methyl/N-ethyl adjacent to an activating group) is 1. The summed E-state index contributed by atoms with van der Waals surface area (Å²) in [5.74, 6) is -0.898. The van der Waals surface area contributed by atoms with Gasteiger partial charge in [-0.15, -0.1) is 0 Å². The van der Waals surface area contributed by atoms with Crippen molar-refractivity contribution in [3.63, 3.8) is 0 Å². The highest BCUT2D eigenvalue weighted by Crippen LogP contribution is 2.40. The van der Waals surface area contributed by atoms with Crippen molar-refractivity contribution in [3.8, 4) is 0 Å². The molecule has 0 spiro atoms. The molecule has 2 aliphatic heterocycles. The van der Waals surface area contributed by atoms with Crippen LogP contribution in [0.3, 0.4) is 0 Å². The molecule has 0 unspecified atom stereocenters.